The minimum atomic E-state index is -0.883. The summed E-state index contributed by atoms with van der Waals surface area (Å²) in [7, 11) is 1.77. The van der Waals surface area contributed by atoms with Gasteiger partial charge in [0.1, 0.15) is 0 Å². The highest BCUT2D eigenvalue weighted by Gasteiger charge is 2.18. The number of benzene rings is 1. The number of hydrogen-bond donors (Lipinski definition) is 1. The van der Waals surface area contributed by atoms with Crippen LogP contribution in [0.25, 0.3) is 16.6 Å². The van der Waals surface area contributed by atoms with Crippen LogP contribution in [0.1, 0.15) is 5.69 Å². The molecule has 10 nitrogen and oxygen atoms in total. The highest BCUT2D eigenvalue weighted by Crippen LogP contribution is 2.29. The Hall–Kier alpha value is -3.80. The zero-order valence-corrected chi connectivity index (χ0v) is 20.6. The first kappa shape index (κ1) is 23.9. The summed E-state index contributed by atoms with van der Waals surface area (Å²) in [4.78, 5) is 38.5. The fourth-order valence-corrected chi connectivity index (χ4v) is 4.11. The fourth-order valence-electron chi connectivity index (χ4n) is 3.56. The molecular formula is C22H14Cl3FN8O2. The summed E-state index contributed by atoms with van der Waals surface area (Å²) in [6, 6.07) is 6.03. The molecule has 0 aliphatic heterocycles. The third-order valence-electron chi connectivity index (χ3n) is 5.16. The van der Waals surface area contributed by atoms with Crippen molar-refractivity contribution in [2.75, 3.05) is 5.32 Å². The van der Waals surface area contributed by atoms with Gasteiger partial charge in [-0.2, -0.15) is 10.1 Å². The summed E-state index contributed by atoms with van der Waals surface area (Å²) in [6.07, 6.45) is 5.38. The molecule has 0 fully saturated rings. The molecule has 1 N–H and O–H groups in total. The summed E-state index contributed by atoms with van der Waals surface area (Å²) < 4.78 is 17.2. The topological polar surface area (TPSA) is 113 Å². The van der Waals surface area contributed by atoms with Crippen LogP contribution in [0, 0.1) is 5.82 Å². The number of halogens is 4. The predicted octanol–water partition coefficient (Wildman–Crippen LogP) is 3.96. The number of nitrogens with one attached hydrogen (secondary N) is 1. The van der Waals surface area contributed by atoms with Crippen molar-refractivity contribution >= 4 is 57.3 Å². The van der Waals surface area contributed by atoms with Gasteiger partial charge in [0.15, 0.2) is 5.82 Å². The minimum absolute atomic E-state index is 0.116. The van der Waals surface area contributed by atoms with Gasteiger partial charge in [-0.05, 0) is 24.3 Å². The van der Waals surface area contributed by atoms with Gasteiger partial charge in [-0.1, -0.05) is 34.8 Å². The maximum Gasteiger partial charge on any atom is 0.359 e. The van der Waals surface area contributed by atoms with E-state index < -0.39 is 17.2 Å². The first-order valence-electron chi connectivity index (χ1n) is 10.2. The number of anilines is 2. The Kier molecular flexibility index (Phi) is 6.20. The van der Waals surface area contributed by atoms with Crippen molar-refractivity contribution in [2.24, 2.45) is 7.05 Å². The van der Waals surface area contributed by atoms with Crippen LogP contribution >= 0.6 is 34.8 Å². The van der Waals surface area contributed by atoms with Crippen molar-refractivity contribution in [3.63, 3.8) is 0 Å². The monoisotopic (exact) mass is 546 g/mol. The van der Waals surface area contributed by atoms with Gasteiger partial charge in [0.05, 0.1) is 56.6 Å². The van der Waals surface area contributed by atoms with Crippen molar-refractivity contribution in [3.8, 4) is 5.69 Å². The Balaban J connectivity index is 1.68. The Morgan fingerprint density at radius 3 is 2.58 bits per heavy atom. The maximum atomic E-state index is 13.7. The average Bonchev–Trinajstić information content (AvgIpc) is 3.17. The number of hydrogen-bond acceptors (Lipinski definition) is 7. The molecule has 0 radical (unpaired) electrons. The number of rotatable bonds is 5. The molecule has 0 spiro atoms. The Morgan fingerprint density at radius 2 is 1.83 bits per heavy atom. The second-order valence-electron chi connectivity index (χ2n) is 7.69. The molecule has 0 aliphatic rings. The summed E-state index contributed by atoms with van der Waals surface area (Å²) in [5.74, 6) is -0.834. The van der Waals surface area contributed by atoms with Crippen molar-refractivity contribution in [1.82, 2.24) is 33.9 Å². The average molecular weight is 548 g/mol. The molecule has 0 atom stereocenters. The Labute approximate surface area is 216 Å². The van der Waals surface area contributed by atoms with Gasteiger partial charge in [0.25, 0.3) is 0 Å². The molecule has 0 unspecified atom stereocenters. The fraction of sp³-hybridized carbons (Fsp3) is 0.0909. The minimum Gasteiger partial charge on any atom is -0.324 e. The van der Waals surface area contributed by atoms with E-state index in [0.717, 1.165) is 20.7 Å². The van der Waals surface area contributed by atoms with E-state index in [4.69, 9.17) is 34.8 Å². The molecule has 0 aliphatic carbocycles. The van der Waals surface area contributed by atoms with Crippen LogP contribution in [0.15, 0.2) is 58.6 Å². The van der Waals surface area contributed by atoms with Crippen molar-refractivity contribution < 1.29 is 4.39 Å². The van der Waals surface area contributed by atoms with Crippen molar-refractivity contribution in [1.29, 1.82) is 0 Å². The van der Waals surface area contributed by atoms with Crippen molar-refractivity contribution in [3.05, 3.63) is 96.6 Å². The van der Waals surface area contributed by atoms with Gasteiger partial charge >= 0.3 is 11.4 Å². The van der Waals surface area contributed by atoms with Gasteiger partial charge in [0, 0.05) is 24.8 Å². The quantitative estimate of drug-likeness (QED) is 0.354. The van der Waals surface area contributed by atoms with Crippen LogP contribution in [-0.2, 0) is 13.6 Å². The van der Waals surface area contributed by atoms with Crippen LogP contribution in [-0.4, -0.2) is 33.9 Å². The lowest BCUT2D eigenvalue weighted by atomic mass is 10.2. The molecule has 0 saturated carbocycles. The van der Waals surface area contributed by atoms with Crippen LogP contribution in [0.3, 0.4) is 0 Å². The number of fused-ring (bicyclic) bond motifs is 1. The van der Waals surface area contributed by atoms with Gasteiger partial charge in [-0.3, -0.25) is 19.2 Å². The van der Waals surface area contributed by atoms with Gasteiger partial charge in [0.2, 0.25) is 5.95 Å². The summed E-state index contributed by atoms with van der Waals surface area (Å²) in [6.45, 7) is -0.199. The third kappa shape index (κ3) is 4.55. The molecule has 182 valence electrons. The van der Waals surface area contributed by atoms with Crippen LogP contribution in [0.2, 0.25) is 15.1 Å². The highest BCUT2D eigenvalue weighted by molar-refractivity contribution is 6.34. The Bertz CT molecular complexity index is 1770. The summed E-state index contributed by atoms with van der Waals surface area (Å²) >= 11 is 18.3. The lowest BCUT2D eigenvalue weighted by Crippen LogP contribution is -2.42. The second-order valence-corrected chi connectivity index (χ2v) is 8.94. The molecular weight excluding hydrogens is 534 g/mol. The summed E-state index contributed by atoms with van der Waals surface area (Å²) in [5.41, 5.74) is -0.257. The van der Waals surface area contributed by atoms with Crippen LogP contribution in [0.4, 0.5) is 16.0 Å². The van der Waals surface area contributed by atoms with E-state index in [1.54, 1.807) is 30.1 Å². The molecule has 4 aromatic heterocycles. The first-order chi connectivity index (χ1) is 17.2. The molecule has 5 aromatic rings. The predicted molar refractivity (Wildman–Crippen MR) is 134 cm³/mol. The molecule has 0 amide bonds. The molecule has 4 heterocycles. The molecule has 36 heavy (non-hydrogen) atoms. The zero-order valence-electron chi connectivity index (χ0n) is 18.3. The van der Waals surface area contributed by atoms with Gasteiger partial charge in [-0.25, -0.2) is 18.5 Å². The van der Waals surface area contributed by atoms with E-state index in [1.165, 1.54) is 24.5 Å². The standard InChI is InChI=1S/C22H14Cl3FN8O2/c1-32-9-11-2-19(16(25)5-18(11)31-32)29-20-30-21(35)34(14-3-12(23)6-27-7-14)22(36)33(20)10-13-4-15(24)17(26)8-28-13/h2-9H,10H2,1H3,(H,29,30,35). The van der Waals surface area contributed by atoms with Gasteiger partial charge in [-0.15, -0.1) is 0 Å². The zero-order chi connectivity index (χ0) is 25.6. The van der Waals surface area contributed by atoms with E-state index in [2.05, 4.69) is 25.4 Å². The largest absolute Gasteiger partial charge is 0.359 e. The van der Waals surface area contributed by atoms with E-state index in [9.17, 15) is 14.0 Å². The number of pyridine rings is 2. The first-order valence-corrected chi connectivity index (χ1v) is 11.4. The second kappa shape index (κ2) is 9.34. The van der Waals surface area contributed by atoms with E-state index in [1.807, 2.05) is 0 Å². The van der Waals surface area contributed by atoms with Crippen molar-refractivity contribution in [2.45, 2.75) is 6.54 Å². The molecule has 0 saturated heterocycles. The lowest BCUT2D eigenvalue weighted by Gasteiger charge is -2.16. The SMILES string of the molecule is Cn1cc2cc(Nc3nc(=O)n(-c4cncc(Cl)c4)c(=O)n3Cc3cc(Cl)c(F)cn3)c(Cl)cc2n1. The number of aryl methyl sites for hydroxylation is 1. The third-order valence-corrected chi connectivity index (χ3v) is 5.97. The molecule has 14 heteroatoms. The van der Waals surface area contributed by atoms with Crippen LogP contribution < -0.4 is 16.7 Å². The van der Waals surface area contributed by atoms with Crippen LogP contribution in [0.5, 0.6) is 0 Å². The van der Waals surface area contributed by atoms with E-state index >= 15 is 0 Å². The van der Waals surface area contributed by atoms with Gasteiger partial charge < -0.3 is 5.32 Å². The molecule has 0 bridgehead atoms. The summed E-state index contributed by atoms with van der Waals surface area (Å²) in [5, 5.41) is 8.35. The van der Waals surface area contributed by atoms with E-state index in [-0.39, 0.29) is 38.9 Å². The Morgan fingerprint density at radius 1 is 1.03 bits per heavy atom. The lowest BCUT2D eigenvalue weighted by molar-refractivity contribution is 0.612. The maximum absolute atomic E-state index is 13.7. The highest BCUT2D eigenvalue weighted by atomic mass is 35.5. The number of aromatic nitrogens is 7. The van der Waals surface area contributed by atoms with E-state index in [0.29, 0.717) is 11.2 Å². The normalized spacial score (nSPS) is 11.2. The molecule has 5 rings (SSSR count). The smallest absolute Gasteiger partial charge is 0.324 e. The molecule has 1 aromatic carbocycles. The number of nitrogens with zero attached hydrogens (tertiary/aromatic N) is 7.